The Kier molecular flexibility index (Phi) is 8.16. The van der Waals surface area contributed by atoms with E-state index in [0.29, 0.717) is 25.8 Å². The molecule has 1 aliphatic heterocycles. The summed E-state index contributed by atoms with van der Waals surface area (Å²) >= 11 is 0. The zero-order chi connectivity index (χ0) is 24.7. The third-order valence-corrected chi connectivity index (χ3v) is 8.69. The van der Waals surface area contributed by atoms with Crippen LogP contribution in [0.25, 0.3) is 16.7 Å². The van der Waals surface area contributed by atoms with Gasteiger partial charge in [0.25, 0.3) is 0 Å². The summed E-state index contributed by atoms with van der Waals surface area (Å²) in [5.74, 6) is -0.690. The molecule has 0 unspecified atom stereocenters. The van der Waals surface area contributed by atoms with Gasteiger partial charge in [0.1, 0.15) is 0 Å². The van der Waals surface area contributed by atoms with Gasteiger partial charge < -0.3 is 4.74 Å². The van der Waals surface area contributed by atoms with Crippen molar-refractivity contribution in [1.29, 1.82) is 0 Å². The molecule has 0 saturated heterocycles. The van der Waals surface area contributed by atoms with Crippen LogP contribution in [0.15, 0.2) is 91.0 Å². The number of methoxy groups -OCH3 is 1. The summed E-state index contributed by atoms with van der Waals surface area (Å²) in [5.41, 5.74) is 5.64. The number of carbonyl (C=O) groups is 1. The van der Waals surface area contributed by atoms with E-state index in [2.05, 4.69) is 36.4 Å². The minimum atomic E-state index is -3.82. The van der Waals surface area contributed by atoms with E-state index in [-0.39, 0.29) is 13.0 Å². The maximum Gasteiger partial charge on any atom is 0.325 e. The molecule has 182 valence electrons. The smallest absolute Gasteiger partial charge is 0.325 e. The van der Waals surface area contributed by atoms with Crippen LogP contribution < -0.4 is 0 Å². The van der Waals surface area contributed by atoms with Crippen molar-refractivity contribution in [2.45, 2.75) is 30.9 Å². The number of nitrogens with zero attached hydrogens (tertiary/aromatic N) is 1. The lowest BCUT2D eigenvalue weighted by atomic mass is 9.97. The van der Waals surface area contributed by atoms with Crippen molar-refractivity contribution in [2.75, 3.05) is 20.2 Å². The summed E-state index contributed by atoms with van der Waals surface area (Å²) in [4.78, 5) is 12.4. The van der Waals surface area contributed by atoms with Gasteiger partial charge in [-0.15, -0.1) is 0 Å². The lowest BCUT2D eigenvalue weighted by Crippen LogP contribution is -2.44. The normalized spacial score (nSPS) is 15.3. The van der Waals surface area contributed by atoms with Gasteiger partial charge >= 0.3 is 5.97 Å². The van der Waals surface area contributed by atoms with E-state index in [1.165, 1.54) is 11.4 Å². The molecule has 4 rings (SSSR count). The summed E-state index contributed by atoms with van der Waals surface area (Å²) in [6.45, 7) is 0.602. The molecule has 0 fully saturated rings. The molecule has 6 heteroatoms. The number of ether oxygens (including phenoxy) is 1. The van der Waals surface area contributed by atoms with Gasteiger partial charge in [-0.3, -0.25) is 4.79 Å². The molecular weight excluding hydrogens is 458 g/mol. The maximum absolute atomic E-state index is 13.4. The topological polar surface area (TPSA) is 63.7 Å². The molecule has 1 atom stereocenters. The molecule has 0 aliphatic carbocycles. The van der Waals surface area contributed by atoms with Gasteiger partial charge in [-0.2, -0.15) is 4.31 Å². The summed E-state index contributed by atoms with van der Waals surface area (Å²) < 4.78 is 33.0. The van der Waals surface area contributed by atoms with Gasteiger partial charge in [-0.25, -0.2) is 8.42 Å². The third kappa shape index (κ3) is 6.08. The van der Waals surface area contributed by atoms with E-state index in [0.717, 1.165) is 27.8 Å². The fourth-order valence-electron chi connectivity index (χ4n) is 4.49. The first-order chi connectivity index (χ1) is 17.0. The summed E-state index contributed by atoms with van der Waals surface area (Å²) in [7, 11) is -2.58. The number of sulfonamides is 1. The number of hydrogen-bond donors (Lipinski definition) is 0. The highest BCUT2D eigenvalue weighted by atomic mass is 32.2. The van der Waals surface area contributed by atoms with Gasteiger partial charge in [0.2, 0.25) is 10.0 Å². The Morgan fingerprint density at radius 1 is 0.886 bits per heavy atom. The Balaban J connectivity index is 1.42. The van der Waals surface area contributed by atoms with Crippen LogP contribution in [0.1, 0.15) is 30.4 Å². The predicted octanol–water partition coefficient (Wildman–Crippen LogP) is 5.34. The molecule has 0 amide bonds. The number of esters is 1. The third-order valence-electron chi connectivity index (χ3n) is 6.49. The quantitative estimate of drug-likeness (QED) is 0.381. The number of carbonyl (C=O) groups excluding carboxylic acids is 1. The number of hydrogen-bond acceptors (Lipinski definition) is 4. The molecule has 0 spiro atoms. The van der Waals surface area contributed by atoms with Gasteiger partial charge in [-0.05, 0) is 53.5 Å². The van der Waals surface area contributed by atoms with Crippen molar-refractivity contribution in [3.63, 3.8) is 0 Å². The van der Waals surface area contributed by atoms with E-state index in [1.54, 1.807) is 0 Å². The highest BCUT2D eigenvalue weighted by Crippen LogP contribution is 2.28. The van der Waals surface area contributed by atoms with Crippen LogP contribution in [0.3, 0.4) is 0 Å². The fourth-order valence-corrected chi connectivity index (χ4v) is 6.28. The van der Waals surface area contributed by atoms with Crippen molar-refractivity contribution in [2.24, 2.45) is 0 Å². The van der Waals surface area contributed by atoms with Crippen LogP contribution >= 0.6 is 0 Å². The highest BCUT2D eigenvalue weighted by Gasteiger charge is 2.38. The molecule has 0 radical (unpaired) electrons. The van der Waals surface area contributed by atoms with E-state index in [4.69, 9.17) is 4.74 Å². The number of rotatable bonds is 9. The van der Waals surface area contributed by atoms with E-state index in [9.17, 15) is 13.2 Å². The second-order valence-corrected chi connectivity index (χ2v) is 10.8. The van der Waals surface area contributed by atoms with Crippen LogP contribution in [0.4, 0.5) is 0 Å². The Morgan fingerprint density at radius 2 is 1.49 bits per heavy atom. The summed E-state index contributed by atoms with van der Waals surface area (Å²) in [6, 6.07) is 28.4. The molecule has 3 aromatic carbocycles. The monoisotopic (exact) mass is 489 g/mol. The van der Waals surface area contributed by atoms with Crippen LogP contribution in [0.5, 0.6) is 0 Å². The predicted molar refractivity (Wildman–Crippen MR) is 140 cm³/mol. The first kappa shape index (κ1) is 24.9. The Morgan fingerprint density at radius 3 is 2.09 bits per heavy atom. The van der Waals surface area contributed by atoms with Crippen LogP contribution in [-0.2, 0) is 26.0 Å². The molecule has 0 saturated carbocycles. The van der Waals surface area contributed by atoms with E-state index >= 15 is 0 Å². The first-order valence-electron chi connectivity index (χ1n) is 11.9. The van der Waals surface area contributed by atoms with Gasteiger partial charge in [-0.1, -0.05) is 91.0 Å². The van der Waals surface area contributed by atoms with Crippen LogP contribution in [0.2, 0.25) is 0 Å². The zero-order valence-electron chi connectivity index (χ0n) is 20.0. The van der Waals surface area contributed by atoms with Crippen molar-refractivity contribution >= 4 is 21.6 Å². The SMILES string of the molecule is COC(=O)[C@H](CCCc1ccccc1)S(=O)(=O)N1CC=C(c2ccc(-c3ccccc3)cc2)CC1. The zero-order valence-corrected chi connectivity index (χ0v) is 20.8. The largest absolute Gasteiger partial charge is 0.468 e. The van der Waals surface area contributed by atoms with Crippen LogP contribution in [0, 0.1) is 0 Å². The average Bonchev–Trinajstić information content (AvgIpc) is 2.92. The second-order valence-electron chi connectivity index (χ2n) is 8.72. The molecule has 5 nitrogen and oxygen atoms in total. The maximum atomic E-state index is 13.4. The standard InChI is InChI=1S/C29H31NO4S/c1-34-29(31)28(14-8-11-23-9-4-2-5-10-23)35(32,33)30-21-19-27(20-22-30)26-17-15-25(16-18-26)24-12-6-3-7-13-24/h2-7,9-10,12-13,15-19,28H,8,11,14,20-22H2,1H3/t28-/m0/s1. The van der Waals surface area contributed by atoms with Crippen molar-refractivity contribution in [1.82, 2.24) is 4.31 Å². The summed E-state index contributed by atoms with van der Waals surface area (Å²) in [5, 5.41) is -1.18. The molecule has 1 aliphatic rings. The number of benzene rings is 3. The van der Waals surface area contributed by atoms with E-state index < -0.39 is 21.2 Å². The van der Waals surface area contributed by atoms with Crippen molar-refractivity contribution < 1.29 is 17.9 Å². The van der Waals surface area contributed by atoms with Gasteiger partial charge in [0.05, 0.1) is 7.11 Å². The summed E-state index contributed by atoms with van der Waals surface area (Å²) in [6.07, 6.45) is 4.09. The molecule has 3 aromatic rings. The highest BCUT2D eigenvalue weighted by molar-refractivity contribution is 7.90. The Bertz CT molecular complexity index is 1250. The molecule has 35 heavy (non-hydrogen) atoms. The van der Waals surface area contributed by atoms with E-state index in [1.807, 2.05) is 54.6 Å². The van der Waals surface area contributed by atoms with Gasteiger partial charge in [0.15, 0.2) is 5.25 Å². The number of aryl methyl sites for hydroxylation is 1. The lowest BCUT2D eigenvalue weighted by molar-refractivity contribution is -0.140. The second kappa shape index (κ2) is 11.5. The molecule has 0 bridgehead atoms. The Labute approximate surface area is 208 Å². The molecular formula is C29H31NO4S. The fraction of sp³-hybridized carbons (Fsp3) is 0.276. The molecule has 1 heterocycles. The Hall–Kier alpha value is -3.22. The minimum absolute atomic E-state index is 0.234. The van der Waals surface area contributed by atoms with Gasteiger partial charge in [0, 0.05) is 13.1 Å². The molecule has 0 aromatic heterocycles. The first-order valence-corrected chi connectivity index (χ1v) is 13.4. The lowest BCUT2D eigenvalue weighted by Gasteiger charge is -2.29. The average molecular weight is 490 g/mol. The van der Waals surface area contributed by atoms with Crippen molar-refractivity contribution in [3.05, 3.63) is 102 Å². The minimum Gasteiger partial charge on any atom is -0.468 e. The molecule has 0 N–H and O–H groups in total. The van der Waals surface area contributed by atoms with Crippen LogP contribution in [-0.4, -0.2) is 44.1 Å². The van der Waals surface area contributed by atoms with Crippen molar-refractivity contribution in [3.8, 4) is 11.1 Å².